The van der Waals surface area contributed by atoms with Crippen molar-refractivity contribution in [3.8, 4) is 16.9 Å². The van der Waals surface area contributed by atoms with Crippen LogP contribution in [0.3, 0.4) is 0 Å². The normalized spacial score (nSPS) is 14.1. The highest BCUT2D eigenvalue weighted by Gasteiger charge is 2.30. The fourth-order valence-electron chi connectivity index (χ4n) is 3.25. The first-order valence-corrected chi connectivity index (χ1v) is 8.64. The maximum atomic E-state index is 14.4. The summed E-state index contributed by atoms with van der Waals surface area (Å²) in [7, 11) is 1.43. The summed E-state index contributed by atoms with van der Waals surface area (Å²) in [6.07, 6.45) is 3.57. The number of hydrogen-bond donors (Lipinski definition) is 1. The van der Waals surface area contributed by atoms with E-state index in [2.05, 4.69) is 10.2 Å². The largest absolute Gasteiger partial charge is 0.494 e. The van der Waals surface area contributed by atoms with Gasteiger partial charge < -0.3 is 9.64 Å². The summed E-state index contributed by atoms with van der Waals surface area (Å²) in [5.41, 5.74) is 3.28. The summed E-state index contributed by atoms with van der Waals surface area (Å²) in [4.78, 5) is 16.1. The van der Waals surface area contributed by atoms with Gasteiger partial charge in [-0.1, -0.05) is 24.3 Å². The van der Waals surface area contributed by atoms with Crippen LogP contribution in [0.15, 0.2) is 54.9 Å². The van der Waals surface area contributed by atoms with E-state index in [0.29, 0.717) is 18.7 Å². The number of anilines is 1. The maximum absolute atomic E-state index is 14.4. The van der Waals surface area contributed by atoms with Crippen LogP contribution >= 0.6 is 0 Å². The number of benzene rings is 2. The second-order valence-corrected chi connectivity index (χ2v) is 6.32. The molecule has 4 rings (SSSR count). The molecule has 7 heteroatoms. The van der Waals surface area contributed by atoms with Crippen LogP contribution in [0.1, 0.15) is 5.56 Å². The molecule has 138 valence electrons. The molecule has 1 aromatic heterocycles. The lowest BCUT2D eigenvalue weighted by Crippen LogP contribution is -2.31. The Balaban J connectivity index is 1.49. The van der Waals surface area contributed by atoms with Crippen LogP contribution in [-0.2, 0) is 6.54 Å². The molecule has 27 heavy (non-hydrogen) atoms. The molecule has 1 saturated heterocycles. The number of carbonyl (C=O) groups is 1. The quantitative estimate of drug-likeness (QED) is 0.749. The summed E-state index contributed by atoms with van der Waals surface area (Å²) < 4.78 is 19.4. The number of amides is 2. The minimum atomic E-state index is -0.421. The first-order valence-electron chi connectivity index (χ1n) is 8.64. The van der Waals surface area contributed by atoms with Gasteiger partial charge in [-0.05, 0) is 23.8 Å². The Kier molecular flexibility index (Phi) is 4.50. The van der Waals surface area contributed by atoms with Gasteiger partial charge in [0, 0.05) is 36.1 Å². The molecule has 1 aliphatic rings. The fourth-order valence-corrected chi connectivity index (χ4v) is 3.25. The van der Waals surface area contributed by atoms with Crippen molar-refractivity contribution in [2.45, 2.75) is 6.54 Å². The standard InChI is InChI=1S/C20H19FN4O2/c1-27-18-4-2-3-15(19(18)21)13-24-9-10-25(20(24)26)17-7-5-14(6-8-17)16-11-22-23-12-16/h2-8,11-12H,9-10,13H2,1H3,(H,22,23). The highest BCUT2D eigenvalue weighted by molar-refractivity contribution is 5.94. The molecule has 1 aliphatic heterocycles. The van der Waals surface area contributed by atoms with E-state index < -0.39 is 5.82 Å². The molecule has 1 N–H and O–H groups in total. The number of H-pyrrole nitrogens is 1. The van der Waals surface area contributed by atoms with Crippen molar-refractivity contribution in [1.29, 1.82) is 0 Å². The summed E-state index contributed by atoms with van der Waals surface area (Å²) in [5.74, 6) is -0.235. The smallest absolute Gasteiger partial charge is 0.324 e. The average Bonchev–Trinajstić information content (AvgIpc) is 3.35. The first-order chi connectivity index (χ1) is 13.2. The lowest BCUT2D eigenvalue weighted by molar-refractivity contribution is 0.218. The van der Waals surface area contributed by atoms with E-state index in [0.717, 1.165) is 16.8 Å². The molecule has 0 unspecified atom stereocenters. The van der Waals surface area contributed by atoms with Gasteiger partial charge in [0.2, 0.25) is 0 Å². The highest BCUT2D eigenvalue weighted by atomic mass is 19.1. The van der Waals surface area contributed by atoms with Gasteiger partial charge in [-0.3, -0.25) is 10.00 Å². The highest BCUT2D eigenvalue weighted by Crippen LogP contribution is 2.27. The van der Waals surface area contributed by atoms with Gasteiger partial charge in [0.25, 0.3) is 0 Å². The molecule has 0 radical (unpaired) electrons. The van der Waals surface area contributed by atoms with Crippen molar-refractivity contribution in [3.63, 3.8) is 0 Å². The molecule has 1 fully saturated rings. The zero-order chi connectivity index (χ0) is 18.8. The molecule has 0 spiro atoms. The number of nitrogens with one attached hydrogen (secondary N) is 1. The second kappa shape index (κ2) is 7.11. The maximum Gasteiger partial charge on any atom is 0.324 e. The van der Waals surface area contributed by atoms with Gasteiger partial charge in [-0.2, -0.15) is 5.10 Å². The molecule has 3 aromatic rings. The van der Waals surface area contributed by atoms with E-state index >= 15 is 0 Å². The minimum absolute atomic E-state index is 0.131. The van der Waals surface area contributed by atoms with Crippen molar-refractivity contribution in [2.24, 2.45) is 0 Å². The molecule has 6 nitrogen and oxygen atoms in total. The average molecular weight is 366 g/mol. The van der Waals surface area contributed by atoms with Crippen molar-refractivity contribution < 1.29 is 13.9 Å². The molecule has 2 heterocycles. The van der Waals surface area contributed by atoms with Crippen LogP contribution in [0.4, 0.5) is 14.9 Å². The predicted molar refractivity (Wildman–Crippen MR) is 100 cm³/mol. The number of methoxy groups -OCH3 is 1. The summed E-state index contributed by atoms with van der Waals surface area (Å²) >= 11 is 0. The molecule has 0 bridgehead atoms. The van der Waals surface area contributed by atoms with E-state index in [9.17, 15) is 9.18 Å². The second-order valence-electron chi connectivity index (χ2n) is 6.32. The van der Waals surface area contributed by atoms with Crippen LogP contribution in [0.5, 0.6) is 5.75 Å². The molecule has 0 saturated carbocycles. The van der Waals surface area contributed by atoms with Crippen LogP contribution in [0.2, 0.25) is 0 Å². The molecule has 0 atom stereocenters. The Bertz CT molecular complexity index is 941. The van der Waals surface area contributed by atoms with Gasteiger partial charge in [0.15, 0.2) is 11.6 Å². The first kappa shape index (κ1) is 17.1. The van der Waals surface area contributed by atoms with Crippen LogP contribution < -0.4 is 9.64 Å². The lowest BCUT2D eigenvalue weighted by Gasteiger charge is -2.19. The van der Waals surface area contributed by atoms with E-state index in [4.69, 9.17) is 4.74 Å². The third-order valence-electron chi connectivity index (χ3n) is 4.73. The van der Waals surface area contributed by atoms with Crippen molar-refractivity contribution in [1.82, 2.24) is 15.1 Å². The molecule has 2 amide bonds. The summed E-state index contributed by atoms with van der Waals surface area (Å²) in [6, 6.07) is 12.6. The lowest BCUT2D eigenvalue weighted by atomic mass is 10.1. The zero-order valence-electron chi connectivity index (χ0n) is 14.9. The van der Waals surface area contributed by atoms with Gasteiger partial charge >= 0.3 is 6.03 Å². The fraction of sp³-hybridized carbons (Fsp3) is 0.200. The Hall–Kier alpha value is -3.35. The van der Waals surface area contributed by atoms with Crippen molar-refractivity contribution >= 4 is 11.7 Å². The van der Waals surface area contributed by atoms with Crippen LogP contribution in [0.25, 0.3) is 11.1 Å². The van der Waals surface area contributed by atoms with Gasteiger partial charge in [0.1, 0.15) is 0 Å². The number of ether oxygens (including phenoxy) is 1. The molecular formula is C20H19FN4O2. The van der Waals surface area contributed by atoms with Crippen molar-refractivity contribution in [3.05, 3.63) is 66.2 Å². The predicted octanol–water partition coefficient (Wildman–Crippen LogP) is 3.67. The van der Waals surface area contributed by atoms with Crippen LogP contribution in [-0.4, -0.2) is 41.3 Å². The van der Waals surface area contributed by atoms with E-state index in [-0.39, 0.29) is 18.3 Å². The summed E-state index contributed by atoms with van der Waals surface area (Å²) in [5, 5.41) is 6.73. The minimum Gasteiger partial charge on any atom is -0.494 e. The number of urea groups is 1. The third kappa shape index (κ3) is 3.23. The molecule has 2 aromatic carbocycles. The molecular weight excluding hydrogens is 347 g/mol. The van der Waals surface area contributed by atoms with Crippen molar-refractivity contribution in [2.75, 3.05) is 25.1 Å². The Morgan fingerprint density at radius 1 is 1.15 bits per heavy atom. The monoisotopic (exact) mass is 366 g/mol. The number of hydrogen-bond acceptors (Lipinski definition) is 3. The van der Waals surface area contributed by atoms with E-state index in [1.165, 1.54) is 7.11 Å². The Morgan fingerprint density at radius 3 is 2.67 bits per heavy atom. The molecule has 0 aliphatic carbocycles. The SMILES string of the molecule is COc1cccc(CN2CCN(c3ccc(-c4cn[nH]c4)cc3)C2=O)c1F. The van der Waals surface area contributed by atoms with Crippen LogP contribution in [0, 0.1) is 5.82 Å². The van der Waals surface area contributed by atoms with E-state index in [1.54, 1.807) is 34.2 Å². The number of rotatable bonds is 5. The topological polar surface area (TPSA) is 61.5 Å². The number of halogens is 1. The Morgan fingerprint density at radius 2 is 1.96 bits per heavy atom. The number of nitrogens with zero attached hydrogens (tertiary/aromatic N) is 3. The van der Waals surface area contributed by atoms with E-state index in [1.807, 2.05) is 30.5 Å². The number of aromatic nitrogens is 2. The summed E-state index contributed by atoms with van der Waals surface area (Å²) in [6.45, 7) is 1.32. The third-order valence-corrected chi connectivity index (χ3v) is 4.73. The Labute approximate surface area is 156 Å². The number of carbonyl (C=O) groups excluding carboxylic acids is 1. The van der Waals surface area contributed by atoms with Gasteiger partial charge in [0.05, 0.1) is 19.9 Å². The zero-order valence-corrected chi connectivity index (χ0v) is 14.9. The van der Waals surface area contributed by atoms with Gasteiger partial charge in [-0.25, -0.2) is 9.18 Å². The number of aromatic amines is 1. The van der Waals surface area contributed by atoms with Gasteiger partial charge in [-0.15, -0.1) is 0 Å².